The highest BCUT2D eigenvalue weighted by molar-refractivity contribution is 7.99. The van der Waals surface area contributed by atoms with Crippen LogP contribution in [0.25, 0.3) is 0 Å². The van der Waals surface area contributed by atoms with E-state index in [4.69, 9.17) is 0 Å². The molecule has 0 aliphatic heterocycles. The monoisotopic (exact) mass is 256 g/mol. The van der Waals surface area contributed by atoms with Gasteiger partial charge in [0.2, 0.25) is 0 Å². The normalized spacial score (nSPS) is 13.1. The molecule has 0 radical (unpaired) electrons. The molecular formula is C14H21FOS. The smallest absolute Gasteiger partial charge is 0.126 e. The van der Waals surface area contributed by atoms with Gasteiger partial charge in [0.15, 0.2) is 0 Å². The number of thioether (sulfide) groups is 1. The Hall–Kier alpha value is -0.540. The van der Waals surface area contributed by atoms with Gasteiger partial charge in [-0.2, -0.15) is 0 Å². The van der Waals surface area contributed by atoms with Crippen molar-refractivity contribution in [1.82, 2.24) is 0 Å². The van der Waals surface area contributed by atoms with Crippen LogP contribution in [0.15, 0.2) is 17.0 Å². The molecular weight excluding hydrogens is 235 g/mol. The van der Waals surface area contributed by atoms with Gasteiger partial charge < -0.3 is 5.11 Å². The third kappa shape index (κ3) is 4.32. The summed E-state index contributed by atoms with van der Waals surface area (Å²) in [5, 5.41) is 9.65. The van der Waals surface area contributed by atoms with E-state index < -0.39 is 6.10 Å². The summed E-state index contributed by atoms with van der Waals surface area (Å²) in [6.07, 6.45) is 0.506. The number of aliphatic hydroxyl groups is 1. The maximum atomic E-state index is 13.4. The summed E-state index contributed by atoms with van der Waals surface area (Å²) < 4.78 is 13.4. The summed E-state index contributed by atoms with van der Waals surface area (Å²) in [6, 6.07) is 3.29. The van der Waals surface area contributed by atoms with Crippen LogP contribution >= 0.6 is 11.8 Å². The first-order valence-electron chi connectivity index (χ1n) is 6.02. The number of rotatable bonds is 5. The maximum Gasteiger partial charge on any atom is 0.126 e. The predicted octanol–water partition coefficient (Wildman–Crippen LogP) is 4.33. The minimum atomic E-state index is -0.619. The molecule has 96 valence electrons. The molecule has 0 bridgehead atoms. The fourth-order valence-corrected chi connectivity index (χ4v) is 2.99. The Labute approximate surface area is 107 Å². The average Bonchev–Trinajstić information content (AvgIpc) is 2.22. The number of halogens is 1. The molecule has 0 saturated carbocycles. The van der Waals surface area contributed by atoms with Crippen LogP contribution in [-0.2, 0) is 0 Å². The van der Waals surface area contributed by atoms with Gasteiger partial charge in [-0.25, -0.2) is 4.39 Å². The van der Waals surface area contributed by atoms with Crippen LogP contribution in [0.1, 0.15) is 44.4 Å². The van der Waals surface area contributed by atoms with E-state index in [9.17, 15) is 9.50 Å². The van der Waals surface area contributed by atoms with Crippen molar-refractivity contribution in [3.05, 3.63) is 29.1 Å². The first kappa shape index (κ1) is 14.5. The van der Waals surface area contributed by atoms with Gasteiger partial charge in [0.25, 0.3) is 0 Å². The van der Waals surface area contributed by atoms with Crippen LogP contribution in [0, 0.1) is 18.7 Å². The Bertz CT molecular complexity index is 375. The molecule has 0 fully saturated rings. The molecule has 0 aromatic heterocycles. The van der Waals surface area contributed by atoms with Crippen molar-refractivity contribution in [3.63, 3.8) is 0 Å². The van der Waals surface area contributed by atoms with Crippen LogP contribution in [0.5, 0.6) is 0 Å². The molecule has 1 aromatic carbocycles. The number of aliphatic hydroxyl groups excluding tert-OH is 1. The molecule has 0 heterocycles. The van der Waals surface area contributed by atoms with Gasteiger partial charge in [-0.1, -0.05) is 13.8 Å². The van der Waals surface area contributed by atoms with Crippen molar-refractivity contribution < 1.29 is 9.50 Å². The quantitative estimate of drug-likeness (QED) is 0.791. The zero-order valence-electron chi connectivity index (χ0n) is 11.0. The molecule has 1 rings (SSSR count). The lowest BCUT2D eigenvalue weighted by molar-refractivity contribution is 0.196. The van der Waals surface area contributed by atoms with E-state index >= 15 is 0 Å². The van der Waals surface area contributed by atoms with Gasteiger partial charge >= 0.3 is 0 Å². The summed E-state index contributed by atoms with van der Waals surface area (Å²) in [5.74, 6) is 1.43. The molecule has 0 saturated heterocycles. The van der Waals surface area contributed by atoms with E-state index in [1.54, 1.807) is 25.6 Å². The van der Waals surface area contributed by atoms with Crippen molar-refractivity contribution in [2.75, 3.05) is 5.75 Å². The zero-order chi connectivity index (χ0) is 13.0. The standard InChI is InChI=1S/C14H21FOS/c1-9(2)5-6-17-14-7-10(3)13(15)8-12(14)11(4)16/h7-9,11,16H,5-6H2,1-4H3. The largest absolute Gasteiger partial charge is 0.389 e. The predicted molar refractivity (Wildman–Crippen MR) is 71.9 cm³/mol. The molecule has 0 aliphatic rings. The van der Waals surface area contributed by atoms with Crippen LogP contribution in [-0.4, -0.2) is 10.9 Å². The second kappa shape index (κ2) is 6.41. The molecule has 0 amide bonds. The summed E-state index contributed by atoms with van der Waals surface area (Å²) in [6.45, 7) is 7.81. The van der Waals surface area contributed by atoms with Crippen molar-refractivity contribution in [2.24, 2.45) is 5.92 Å². The molecule has 1 atom stereocenters. The number of benzene rings is 1. The third-order valence-electron chi connectivity index (χ3n) is 2.69. The van der Waals surface area contributed by atoms with Crippen molar-refractivity contribution in [2.45, 2.75) is 45.1 Å². The molecule has 17 heavy (non-hydrogen) atoms. The Morgan fingerprint density at radius 2 is 1.94 bits per heavy atom. The lowest BCUT2D eigenvalue weighted by Gasteiger charge is -2.14. The molecule has 3 heteroatoms. The molecule has 0 aliphatic carbocycles. The molecule has 1 aromatic rings. The highest BCUT2D eigenvalue weighted by atomic mass is 32.2. The Morgan fingerprint density at radius 3 is 2.47 bits per heavy atom. The fourth-order valence-electron chi connectivity index (χ4n) is 1.53. The Kier molecular flexibility index (Phi) is 5.47. The molecule has 1 nitrogen and oxygen atoms in total. The van der Waals surface area contributed by atoms with Crippen LogP contribution in [0.3, 0.4) is 0 Å². The minimum absolute atomic E-state index is 0.242. The summed E-state index contributed by atoms with van der Waals surface area (Å²) in [7, 11) is 0. The van der Waals surface area contributed by atoms with E-state index in [0.29, 0.717) is 17.0 Å². The average molecular weight is 256 g/mol. The first-order chi connectivity index (χ1) is 7.91. The van der Waals surface area contributed by atoms with Gasteiger partial charge in [-0.05, 0) is 55.2 Å². The molecule has 1 unspecified atom stereocenters. The number of aryl methyl sites for hydroxylation is 1. The highest BCUT2D eigenvalue weighted by Gasteiger charge is 2.12. The molecule has 0 spiro atoms. The summed E-state index contributed by atoms with van der Waals surface area (Å²) in [5.41, 5.74) is 1.34. The Balaban J connectivity index is 2.85. The van der Waals surface area contributed by atoms with Crippen LogP contribution < -0.4 is 0 Å². The topological polar surface area (TPSA) is 20.2 Å². The Morgan fingerprint density at radius 1 is 1.29 bits per heavy atom. The summed E-state index contributed by atoms with van der Waals surface area (Å²) in [4.78, 5) is 1.000. The van der Waals surface area contributed by atoms with Crippen LogP contribution in [0.2, 0.25) is 0 Å². The van der Waals surface area contributed by atoms with Crippen molar-refractivity contribution >= 4 is 11.8 Å². The lowest BCUT2D eigenvalue weighted by Crippen LogP contribution is -1.98. The minimum Gasteiger partial charge on any atom is -0.389 e. The van der Waals surface area contributed by atoms with E-state index in [1.807, 2.05) is 6.07 Å². The van der Waals surface area contributed by atoms with Gasteiger partial charge in [-0.15, -0.1) is 11.8 Å². The summed E-state index contributed by atoms with van der Waals surface area (Å²) >= 11 is 1.70. The second-order valence-corrected chi connectivity index (χ2v) is 5.98. The lowest BCUT2D eigenvalue weighted by atomic mass is 10.1. The van der Waals surface area contributed by atoms with Gasteiger partial charge in [0.1, 0.15) is 5.82 Å². The number of hydrogen-bond donors (Lipinski definition) is 1. The SMILES string of the molecule is Cc1cc(SCCC(C)C)c(C(C)O)cc1F. The maximum absolute atomic E-state index is 13.4. The molecule has 1 N–H and O–H groups in total. The number of hydrogen-bond acceptors (Lipinski definition) is 2. The van der Waals surface area contributed by atoms with E-state index in [0.717, 1.165) is 17.1 Å². The van der Waals surface area contributed by atoms with Gasteiger partial charge in [-0.3, -0.25) is 0 Å². The fraction of sp³-hybridized carbons (Fsp3) is 0.571. The highest BCUT2D eigenvalue weighted by Crippen LogP contribution is 2.30. The van der Waals surface area contributed by atoms with E-state index in [-0.39, 0.29) is 5.82 Å². The van der Waals surface area contributed by atoms with Crippen molar-refractivity contribution in [3.8, 4) is 0 Å². The van der Waals surface area contributed by atoms with Gasteiger partial charge in [0, 0.05) is 4.90 Å². The van der Waals surface area contributed by atoms with E-state index in [1.165, 1.54) is 6.07 Å². The van der Waals surface area contributed by atoms with E-state index in [2.05, 4.69) is 13.8 Å². The van der Waals surface area contributed by atoms with Crippen molar-refractivity contribution in [1.29, 1.82) is 0 Å². The van der Waals surface area contributed by atoms with Gasteiger partial charge in [0.05, 0.1) is 6.10 Å². The second-order valence-electron chi connectivity index (χ2n) is 4.85. The first-order valence-corrected chi connectivity index (χ1v) is 7.01. The zero-order valence-corrected chi connectivity index (χ0v) is 11.8. The third-order valence-corrected chi connectivity index (χ3v) is 3.80. The van der Waals surface area contributed by atoms with Crippen LogP contribution in [0.4, 0.5) is 4.39 Å².